The third kappa shape index (κ3) is 2.31. The lowest BCUT2D eigenvalue weighted by Gasteiger charge is -2.06. The molecule has 0 aliphatic heterocycles. The average Bonchev–Trinajstić information content (AvgIpc) is 2.30. The molecule has 1 nitrogen and oxygen atoms in total. The van der Waals surface area contributed by atoms with Gasteiger partial charge in [-0.3, -0.25) is 0 Å². The molecule has 0 unspecified atom stereocenters. The normalized spacial score (nSPS) is 10.3. The molecule has 0 fully saturated rings. The average molecular weight is 238 g/mol. The van der Waals surface area contributed by atoms with Crippen molar-refractivity contribution in [3.05, 3.63) is 53.3 Å². The maximum Gasteiger partial charge on any atom is 0.129 e. The predicted octanol–water partition coefficient (Wildman–Crippen LogP) is 4.14. The lowest BCUT2D eigenvalue weighted by Crippen LogP contribution is -1.91. The van der Waals surface area contributed by atoms with Crippen molar-refractivity contribution in [2.75, 3.05) is 0 Å². The van der Waals surface area contributed by atoms with Gasteiger partial charge in [0.1, 0.15) is 5.15 Å². The van der Waals surface area contributed by atoms with Crippen LogP contribution in [-0.4, -0.2) is 4.98 Å². The van der Waals surface area contributed by atoms with Crippen molar-refractivity contribution in [2.45, 2.75) is 5.88 Å². The van der Waals surface area contributed by atoms with Crippen LogP contribution in [0.5, 0.6) is 0 Å². The topological polar surface area (TPSA) is 12.9 Å². The van der Waals surface area contributed by atoms with E-state index in [4.69, 9.17) is 23.2 Å². The van der Waals surface area contributed by atoms with Crippen LogP contribution in [0.4, 0.5) is 0 Å². The molecule has 0 bridgehead atoms. The van der Waals surface area contributed by atoms with Crippen LogP contribution in [0, 0.1) is 0 Å². The Balaban J connectivity index is 2.53. The van der Waals surface area contributed by atoms with Crippen LogP contribution in [-0.2, 0) is 5.88 Å². The van der Waals surface area contributed by atoms with E-state index in [1.54, 1.807) is 6.07 Å². The van der Waals surface area contributed by atoms with Crippen LogP contribution in [0.3, 0.4) is 0 Å². The van der Waals surface area contributed by atoms with E-state index in [0.717, 1.165) is 16.8 Å². The molecule has 0 radical (unpaired) electrons. The molecule has 1 heterocycles. The SMILES string of the molecule is ClCc1nc(Cl)ccc1-c1ccccc1. The van der Waals surface area contributed by atoms with Crippen LogP contribution in [0.25, 0.3) is 11.1 Å². The van der Waals surface area contributed by atoms with E-state index in [9.17, 15) is 0 Å². The van der Waals surface area contributed by atoms with Gasteiger partial charge in [-0.25, -0.2) is 4.98 Å². The van der Waals surface area contributed by atoms with E-state index in [2.05, 4.69) is 4.98 Å². The molecule has 0 aliphatic rings. The van der Waals surface area contributed by atoms with E-state index >= 15 is 0 Å². The van der Waals surface area contributed by atoms with Crippen LogP contribution in [0.15, 0.2) is 42.5 Å². The minimum atomic E-state index is 0.366. The molecule has 0 atom stereocenters. The van der Waals surface area contributed by atoms with Crippen LogP contribution in [0.2, 0.25) is 5.15 Å². The van der Waals surface area contributed by atoms with E-state index in [-0.39, 0.29) is 0 Å². The van der Waals surface area contributed by atoms with E-state index in [1.165, 1.54) is 0 Å². The highest BCUT2D eigenvalue weighted by molar-refractivity contribution is 6.29. The number of hydrogen-bond acceptors (Lipinski definition) is 1. The fraction of sp³-hybridized carbons (Fsp3) is 0.0833. The fourth-order valence-electron chi connectivity index (χ4n) is 1.46. The largest absolute Gasteiger partial charge is 0.239 e. The number of rotatable bonds is 2. The molecule has 0 saturated heterocycles. The highest BCUT2D eigenvalue weighted by Crippen LogP contribution is 2.24. The second-order valence-corrected chi connectivity index (χ2v) is 3.78. The number of nitrogens with zero attached hydrogens (tertiary/aromatic N) is 1. The molecule has 1 aromatic heterocycles. The lowest BCUT2D eigenvalue weighted by atomic mass is 10.1. The lowest BCUT2D eigenvalue weighted by molar-refractivity contribution is 1.17. The third-order valence-corrected chi connectivity index (χ3v) is 2.62. The second-order valence-electron chi connectivity index (χ2n) is 3.13. The van der Waals surface area contributed by atoms with Crippen LogP contribution >= 0.6 is 23.2 Å². The van der Waals surface area contributed by atoms with Crippen molar-refractivity contribution in [3.63, 3.8) is 0 Å². The zero-order chi connectivity index (χ0) is 10.7. The van der Waals surface area contributed by atoms with Gasteiger partial charge in [0.25, 0.3) is 0 Å². The summed E-state index contributed by atoms with van der Waals surface area (Å²) in [5, 5.41) is 0.477. The molecule has 15 heavy (non-hydrogen) atoms. The summed E-state index contributed by atoms with van der Waals surface area (Å²) in [4.78, 5) is 4.20. The summed E-state index contributed by atoms with van der Waals surface area (Å²) in [5.74, 6) is 0.366. The predicted molar refractivity (Wildman–Crippen MR) is 64.2 cm³/mol. The Morgan fingerprint density at radius 3 is 2.40 bits per heavy atom. The molecular weight excluding hydrogens is 229 g/mol. The Morgan fingerprint density at radius 1 is 1.00 bits per heavy atom. The summed E-state index contributed by atoms with van der Waals surface area (Å²) < 4.78 is 0. The standard InChI is InChI=1S/C12H9Cl2N/c13-8-11-10(6-7-12(14)15-11)9-4-2-1-3-5-9/h1-7H,8H2. The monoisotopic (exact) mass is 237 g/mol. The molecule has 0 saturated carbocycles. The van der Waals surface area contributed by atoms with Crippen LogP contribution < -0.4 is 0 Å². The molecule has 3 heteroatoms. The van der Waals surface area contributed by atoms with Gasteiger partial charge in [-0.1, -0.05) is 41.9 Å². The van der Waals surface area contributed by atoms with Gasteiger partial charge in [-0.15, -0.1) is 11.6 Å². The molecule has 0 spiro atoms. The van der Waals surface area contributed by atoms with Gasteiger partial charge in [0.05, 0.1) is 11.6 Å². The molecule has 1 aromatic carbocycles. The Morgan fingerprint density at radius 2 is 1.73 bits per heavy atom. The summed E-state index contributed by atoms with van der Waals surface area (Å²) in [7, 11) is 0. The van der Waals surface area contributed by atoms with E-state index in [1.807, 2.05) is 36.4 Å². The molecule has 0 amide bonds. The quantitative estimate of drug-likeness (QED) is 0.566. The van der Waals surface area contributed by atoms with Gasteiger partial charge in [-0.2, -0.15) is 0 Å². The van der Waals surface area contributed by atoms with Crippen molar-refractivity contribution < 1.29 is 0 Å². The molecule has 2 rings (SSSR count). The Bertz CT molecular complexity index is 454. The van der Waals surface area contributed by atoms with Crippen molar-refractivity contribution in [1.29, 1.82) is 0 Å². The minimum Gasteiger partial charge on any atom is -0.239 e. The third-order valence-electron chi connectivity index (χ3n) is 2.15. The number of benzene rings is 1. The molecule has 2 aromatic rings. The second kappa shape index (κ2) is 4.65. The van der Waals surface area contributed by atoms with Gasteiger partial charge in [0.15, 0.2) is 0 Å². The zero-order valence-electron chi connectivity index (χ0n) is 7.95. The maximum atomic E-state index is 5.83. The Labute approximate surface area is 98.7 Å². The molecule has 0 aliphatic carbocycles. The maximum absolute atomic E-state index is 5.83. The van der Waals surface area contributed by atoms with Crippen LogP contribution in [0.1, 0.15) is 5.69 Å². The first-order chi connectivity index (χ1) is 7.31. The molecule has 76 valence electrons. The first-order valence-corrected chi connectivity index (χ1v) is 5.49. The Kier molecular flexibility index (Phi) is 3.24. The van der Waals surface area contributed by atoms with Crippen molar-refractivity contribution in [2.24, 2.45) is 0 Å². The summed E-state index contributed by atoms with van der Waals surface area (Å²) >= 11 is 11.6. The first kappa shape index (κ1) is 10.5. The summed E-state index contributed by atoms with van der Waals surface area (Å²) in [6, 6.07) is 13.7. The van der Waals surface area contributed by atoms with Gasteiger partial charge in [-0.05, 0) is 17.7 Å². The highest BCUT2D eigenvalue weighted by Gasteiger charge is 2.05. The number of halogens is 2. The minimum absolute atomic E-state index is 0.366. The highest BCUT2D eigenvalue weighted by atomic mass is 35.5. The fourth-order valence-corrected chi connectivity index (χ4v) is 1.83. The van der Waals surface area contributed by atoms with E-state index < -0.39 is 0 Å². The summed E-state index contributed by atoms with van der Waals surface area (Å²) in [5.41, 5.74) is 2.96. The zero-order valence-corrected chi connectivity index (χ0v) is 9.46. The van der Waals surface area contributed by atoms with Gasteiger partial charge < -0.3 is 0 Å². The van der Waals surface area contributed by atoms with Gasteiger partial charge in [0, 0.05) is 5.56 Å². The molecule has 0 N–H and O–H groups in total. The van der Waals surface area contributed by atoms with Crippen molar-refractivity contribution in [1.82, 2.24) is 4.98 Å². The summed E-state index contributed by atoms with van der Waals surface area (Å²) in [6.07, 6.45) is 0. The van der Waals surface area contributed by atoms with Crippen molar-refractivity contribution >= 4 is 23.2 Å². The number of aromatic nitrogens is 1. The number of alkyl halides is 1. The molecular formula is C12H9Cl2N. The smallest absolute Gasteiger partial charge is 0.129 e. The summed E-state index contributed by atoms with van der Waals surface area (Å²) in [6.45, 7) is 0. The van der Waals surface area contributed by atoms with Gasteiger partial charge >= 0.3 is 0 Å². The number of hydrogen-bond donors (Lipinski definition) is 0. The van der Waals surface area contributed by atoms with Crippen molar-refractivity contribution in [3.8, 4) is 11.1 Å². The number of pyridine rings is 1. The first-order valence-electron chi connectivity index (χ1n) is 4.58. The van der Waals surface area contributed by atoms with Gasteiger partial charge in [0.2, 0.25) is 0 Å². The van der Waals surface area contributed by atoms with E-state index in [0.29, 0.717) is 11.0 Å². The Hall–Kier alpha value is -1.05.